The molecule has 1 amide bonds. The fourth-order valence-corrected chi connectivity index (χ4v) is 2.51. The number of nitrogens with zero attached hydrogens (tertiary/aromatic N) is 3. The summed E-state index contributed by atoms with van der Waals surface area (Å²) >= 11 is 0. The van der Waals surface area contributed by atoms with Crippen molar-refractivity contribution in [3.05, 3.63) is 71.1 Å². The maximum atomic E-state index is 12.2. The number of benzene rings is 1. The van der Waals surface area contributed by atoms with Gasteiger partial charge in [-0.3, -0.25) is 4.79 Å². The molecule has 0 saturated heterocycles. The number of imidazole rings is 1. The smallest absolute Gasteiger partial charge is 0.257 e. The number of rotatable bonds is 5. The second kappa shape index (κ2) is 6.48. The molecule has 0 atom stereocenters. The summed E-state index contributed by atoms with van der Waals surface area (Å²) in [5.74, 6) is 0.370. The van der Waals surface area contributed by atoms with Gasteiger partial charge in [-0.05, 0) is 25.0 Å². The lowest BCUT2D eigenvalue weighted by Crippen LogP contribution is -2.23. The number of carbonyl (C=O) groups is 1. The predicted octanol–water partition coefficient (Wildman–Crippen LogP) is 2.47. The van der Waals surface area contributed by atoms with E-state index in [-0.39, 0.29) is 5.91 Å². The zero-order chi connectivity index (χ0) is 16.2. The normalized spacial score (nSPS) is 10.7. The third-order valence-corrected chi connectivity index (χ3v) is 3.63. The van der Waals surface area contributed by atoms with E-state index in [0.29, 0.717) is 23.6 Å². The molecule has 118 valence electrons. The number of hydrogen-bond acceptors (Lipinski definition) is 4. The van der Waals surface area contributed by atoms with Gasteiger partial charge >= 0.3 is 0 Å². The maximum absolute atomic E-state index is 12.2. The third kappa shape index (κ3) is 3.48. The van der Waals surface area contributed by atoms with Crippen molar-refractivity contribution in [3.8, 4) is 0 Å². The first-order valence-corrected chi connectivity index (χ1v) is 7.38. The molecule has 2 heterocycles. The van der Waals surface area contributed by atoms with Crippen LogP contribution in [0.3, 0.4) is 0 Å². The Hall–Kier alpha value is -2.89. The standard InChI is InChI=1S/C17H18N4O2/c1-12-16(13(2)23-20-12)17(22)19-9-14-4-3-5-15(8-14)10-21-7-6-18-11-21/h3-8,11H,9-10H2,1-2H3,(H,19,22). The first kappa shape index (κ1) is 15.0. The molecule has 0 aliphatic carbocycles. The Morgan fingerprint density at radius 2 is 2.13 bits per heavy atom. The van der Waals surface area contributed by atoms with Gasteiger partial charge < -0.3 is 14.4 Å². The van der Waals surface area contributed by atoms with Crippen molar-refractivity contribution >= 4 is 5.91 Å². The van der Waals surface area contributed by atoms with E-state index in [4.69, 9.17) is 4.52 Å². The molecule has 6 heteroatoms. The largest absolute Gasteiger partial charge is 0.361 e. The van der Waals surface area contributed by atoms with Crippen LogP contribution in [0, 0.1) is 13.8 Å². The minimum absolute atomic E-state index is 0.165. The van der Waals surface area contributed by atoms with E-state index in [1.807, 2.05) is 22.9 Å². The van der Waals surface area contributed by atoms with E-state index >= 15 is 0 Å². The molecule has 1 N–H and O–H groups in total. The van der Waals surface area contributed by atoms with Crippen molar-refractivity contribution in [1.29, 1.82) is 0 Å². The molecular formula is C17H18N4O2. The number of hydrogen-bond donors (Lipinski definition) is 1. The van der Waals surface area contributed by atoms with Crippen molar-refractivity contribution in [2.75, 3.05) is 0 Å². The van der Waals surface area contributed by atoms with Gasteiger partial charge in [0.15, 0.2) is 0 Å². The second-order valence-corrected chi connectivity index (χ2v) is 5.44. The van der Waals surface area contributed by atoms with Crippen molar-refractivity contribution in [2.24, 2.45) is 0 Å². The second-order valence-electron chi connectivity index (χ2n) is 5.44. The third-order valence-electron chi connectivity index (χ3n) is 3.63. The van der Waals surface area contributed by atoms with Crippen LogP contribution in [-0.2, 0) is 13.1 Å². The highest BCUT2D eigenvalue weighted by Gasteiger charge is 2.16. The highest BCUT2D eigenvalue weighted by Crippen LogP contribution is 2.12. The monoisotopic (exact) mass is 310 g/mol. The van der Waals surface area contributed by atoms with Gasteiger partial charge in [-0.25, -0.2) is 4.98 Å². The van der Waals surface area contributed by atoms with Gasteiger partial charge in [-0.1, -0.05) is 29.4 Å². The molecule has 0 unspecified atom stereocenters. The fraction of sp³-hybridized carbons (Fsp3) is 0.235. The van der Waals surface area contributed by atoms with Gasteiger partial charge in [0.1, 0.15) is 11.3 Å². The van der Waals surface area contributed by atoms with Crippen molar-refractivity contribution < 1.29 is 9.32 Å². The maximum Gasteiger partial charge on any atom is 0.257 e. The summed E-state index contributed by atoms with van der Waals surface area (Å²) in [6, 6.07) is 8.11. The number of nitrogens with one attached hydrogen (secondary N) is 1. The molecule has 0 radical (unpaired) electrons. The molecule has 23 heavy (non-hydrogen) atoms. The summed E-state index contributed by atoms with van der Waals surface area (Å²) in [7, 11) is 0. The summed E-state index contributed by atoms with van der Waals surface area (Å²) in [6.45, 7) is 4.71. The van der Waals surface area contributed by atoms with E-state index in [1.165, 1.54) is 0 Å². The van der Waals surface area contributed by atoms with Crippen LogP contribution in [0.15, 0.2) is 47.5 Å². The summed E-state index contributed by atoms with van der Waals surface area (Å²) < 4.78 is 7.03. The Morgan fingerprint density at radius 1 is 1.30 bits per heavy atom. The van der Waals surface area contributed by atoms with Crippen molar-refractivity contribution in [2.45, 2.75) is 26.9 Å². The molecular weight excluding hydrogens is 292 g/mol. The lowest BCUT2D eigenvalue weighted by Gasteiger charge is -2.08. The van der Waals surface area contributed by atoms with E-state index in [1.54, 1.807) is 26.4 Å². The Morgan fingerprint density at radius 3 is 2.83 bits per heavy atom. The fourth-order valence-electron chi connectivity index (χ4n) is 2.51. The minimum atomic E-state index is -0.165. The van der Waals surface area contributed by atoms with Crippen LogP contribution < -0.4 is 5.32 Å². The zero-order valence-corrected chi connectivity index (χ0v) is 13.1. The molecule has 6 nitrogen and oxygen atoms in total. The zero-order valence-electron chi connectivity index (χ0n) is 13.1. The van der Waals surface area contributed by atoms with Gasteiger partial charge in [0.25, 0.3) is 5.91 Å². The SMILES string of the molecule is Cc1noc(C)c1C(=O)NCc1cccc(Cn2ccnc2)c1. The summed E-state index contributed by atoms with van der Waals surface area (Å²) in [5, 5.41) is 6.71. The van der Waals surface area contributed by atoms with Crippen LogP contribution in [0.25, 0.3) is 0 Å². The average molecular weight is 310 g/mol. The molecule has 0 spiro atoms. The average Bonchev–Trinajstić information content (AvgIpc) is 3.15. The van der Waals surface area contributed by atoms with Gasteiger partial charge in [0.2, 0.25) is 0 Å². The van der Waals surface area contributed by atoms with Crippen molar-refractivity contribution in [1.82, 2.24) is 20.0 Å². The van der Waals surface area contributed by atoms with Crippen molar-refractivity contribution in [3.63, 3.8) is 0 Å². The summed E-state index contributed by atoms with van der Waals surface area (Å²) in [4.78, 5) is 16.3. The summed E-state index contributed by atoms with van der Waals surface area (Å²) in [5.41, 5.74) is 3.32. The first-order chi connectivity index (χ1) is 11.1. The van der Waals surface area contributed by atoms with Crippen LogP contribution in [0.4, 0.5) is 0 Å². The lowest BCUT2D eigenvalue weighted by molar-refractivity contribution is 0.0949. The van der Waals surface area contributed by atoms with Crippen LogP contribution in [-0.4, -0.2) is 20.6 Å². The van der Waals surface area contributed by atoms with Gasteiger partial charge in [0.05, 0.1) is 12.0 Å². The van der Waals surface area contributed by atoms with Gasteiger partial charge in [-0.15, -0.1) is 0 Å². The molecule has 0 aliphatic rings. The van der Waals surface area contributed by atoms with Crippen LogP contribution in [0.1, 0.15) is 32.9 Å². The van der Waals surface area contributed by atoms with Crippen LogP contribution in [0.2, 0.25) is 0 Å². The number of amides is 1. The topological polar surface area (TPSA) is 73.0 Å². The Balaban J connectivity index is 1.65. The number of aryl methyl sites for hydroxylation is 2. The molecule has 0 aliphatic heterocycles. The Kier molecular flexibility index (Phi) is 4.23. The molecule has 3 rings (SSSR count). The van der Waals surface area contributed by atoms with E-state index in [9.17, 15) is 4.79 Å². The molecule has 0 fully saturated rings. The number of carbonyl (C=O) groups excluding carboxylic acids is 1. The van der Waals surface area contributed by atoms with E-state index in [2.05, 4.69) is 27.6 Å². The van der Waals surface area contributed by atoms with Crippen LogP contribution in [0.5, 0.6) is 0 Å². The molecule has 1 aromatic carbocycles. The Bertz CT molecular complexity index is 786. The van der Waals surface area contributed by atoms with E-state index in [0.717, 1.165) is 17.7 Å². The summed E-state index contributed by atoms with van der Waals surface area (Å²) in [6.07, 6.45) is 5.46. The highest BCUT2D eigenvalue weighted by molar-refractivity contribution is 5.96. The first-order valence-electron chi connectivity index (χ1n) is 7.38. The Labute approximate surface area is 134 Å². The predicted molar refractivity (Wildman–Crippen MR) is 84.9 cm³/mol. The van der Waals surface area contributed by atoms with Gasteiger partial charge in [-0.2, -0.15) is 0 Å². The number of aromatic nitrogens is 3. The quantitative estimate of drug-likeness (QED) is 0.785. The molecule has 0 saturated carbocycles. The van der Waals surface area contributed by atoms with Gasteiger partial charge in [0, 0.05) is 25.5 Å². The van der Waals surface area contributed by atoms with E-state index < -0.39 is 0 Å². The minimum Gasteiger partial charge on any atom is -0.361 e. The molecule has 3 aromatic rings. The molecule has 0 bridgehead atoms. The molecule has 2 aromatic heterocycles. The highest BCUT2D eigenvalue weighted by atomic mass is 16.5. The lowest BCUT2D eigenvalue weighted by atomic mass is 10.1. The van der Waals surface area contributed by atoms with Crippen LogP contribution >= 0.6 is 0 Å².